The van der Waals surface area contributed by atoms with E-state index < -0.39 is 0 Å². The molecule has 2 aliphatic rings. The Morgan fingerprint density at radius 3 is 2.00 bits per heavy atom. The summed E-state index contributed by atoms with van der Waals surface area (Å²) in [5.41, 5.74) is 0.996. The van der Waals surface area contributed by atoms with E-state index in [1.54, 1.807) is 18.2 Å². The lowest BCUT2D eigenvalue weighted by atomic mass is 9.99. The molecule has 138 valence electrons. The van der Waals surface area contributed by atoms with E-state index in [1.807, 2.05) is 42.5 Å². The third-order valence-electron chi connectivity index (χ3n) is 4.87. The number of allylic oxidation sites excluding steroid dienone is 2. The Morgan fingerprint density at radius 2 is 1.30 bits per heavy atom. The first kappa shape index (κ1) is 17.0. The highest BCUT2D eigenvalue weighted by molar-refractivity contribution is 6.16. The topological polar surface area (TPSA) is 138 Å². The van der Waals surface area contributed by atoms with Crippen molar-refractivity contribution >= 4 is 32.9 Å². The Hall–Kier alpha value is -5.18. The highest BCUT2D eigenvalue weighted by Gasteiger charge is 2.26. The monoisotopic (exact) mass is 388 g/mol. The predicted octanol–water partition coefficient (Wildman–Crippen LogP) is 4.12. The number of hydrogen-bond donors (Lipinski definition) is 2. The molecule has 0 fully saturated rings. The zero-order valence-electron chi connectivity index (χ0n) is 15.1. The summed E-state index contributed by atoms with van der Waals surface area (Å²) >= 11 is 0. The molecule has 0 aromatic heterocycles. The van der Waals surface area contributed by atoms with Crippen LogP contribution in [0.2, 0.25) is 0 Å². The van der Waals surface area contributed by atoms with Gasteiger partial charge in [0.2, 0.25) is 11.8 Å². The van der Waals surface area contributed by atoms with Crippen molar-refractivity contribution in [1.29, 1.82) is 21.0 Å². The van der Waals surface area contributed by atoms with Crippen molar-refractivity contribution in [2.24, 2.45) is 0 Å². The SMILES string of the molecule is N#CC(C#N)=C1Nc2cc3ccc4ccc5c(c4c3cc2O1)NC(=C(C#N)C#N)O5. The summed E-state index contributed by atoms with van der Waals surface area (Å²) in [6.07, 6.45) is 0. The molecule has 0 amide bonds. The van der Waals surface area contributed by atoms with Gasteiger partial charge in [0.1, 0.15) is 24.3 Å². The van der Waals surface area contributed by atoms with Crippen LogP contribution in [0.4, 0.5) is 11.4 Å². The van der Waals surface area contributed by atoms with Crippen LogP contribution >= 0.6 is 0 Å². The van der Waals surface area contributed by atoms with Gasteiger partial charge in [-0.15, -0.1) is 0 Å². The third kappa shape index (κ3) is 2.29. The molecule has 3 aromatic carbocycles. The predicted molar refractivity (Wildman–Crippen MR) is 106 cm³/mol. The Balaban J connectivity index is 1.75. The maximum atomic E-state index is 9.14. The molecule has 0 radical (unpaired) electrons. The van der Waals surface area contributed by atoms with Crippen molar-refractivity contribution in [3.05, 3.63) is 59.3 Å². The Labute approximate surface area is 169 Å². The number of nitrogens with one attached hydrogen (secondary N) is 2. The first-order valence-electron chi connectivity index (χ1n) is 8.69. The molecule has 0 saturated heterocycles. The molecule has 3 aromatic rings. The summed E-state index contributed by atoms with van der Waals surface area (Å²) in [6, 6.07) is 18.5. The van der Waals surface area contributed by atoms with Crippen LogP contribution in [0.5, 0.6) is 11.5 Å². The zero-order chi connectivity index (χ0) is 20.8. The zero-order valence-corrected chi connectivity index (χ0v) is 15.1. The average Bonchev–Trinajstić information content (AvgIpc) is 3.37. The second-order valence-corrected chi connectivity index (χ2v) is 6.48. The van der Waals surface area contributed by atoms with Gasteiger partial charge in [-0.25, -0.2) is 0 Å². The molecular formula is C22H8N6O2. The molecule has 5 rings (SSSR count). The fraction of sp³-hybridized carbons (Fsp3) is 0. The normalized spacial score (nSPS) is 12.8. The number of ether oxygens (including phenoxy) is 2. The Bertz CT molecular complexity index is 1510. The van der Waals surface area contributed by atoms with Crippen molar-refractivity contribution in [1.82, 2.24) is 0 Å². The molecule has 30 heavy (non-hydrogen) atoms. The van der Waals surface area contributed by atoms with Crippen molar-refractivity contribution in [2.75, 3.05) is 10.6 Å². The van der Waals surface area contributed by atoms with E-state index >= 15 is 0 Å². The van der Waals surface area contributed by atoms with Gasteiger partial charge in [-0.2, -0.15) is 21.0 Å². The fourth-order valence-corrected chi connectivity index (χ4v) is 3.54. The van der Waals surface area contributed by atoms with Crippen LogP contribution < -0.4 is 20.1 Å². The van der Waals surface area contributed by atoms with Gasteiger partial charge in [-0.1, -0.05) is 18.2 Å². The van der Waals surface area contributed by atoms with E-state index in [0.29, 0.717) is 22.9 Å². The smallest absolute Gasteiger partial charge is 0.226 e. The van der Waals surface area contributed by atoms with Gasteiger partial charge in [0.25, 0.3) is 0 Å². The van der Waals surface area contributed by atoms with Gasteiger partial charge >= 0.3 is 0 Å². The lowest BCUT2D eigenvalue weighted by Crippen LogP contribution is -2.00. The van der Waals surface area contributed by atoms with Crippen molar-refractivity contribution in [3.8, 4) is 35.8 Å². The van der Waals surface area contributed by atoms with Crippen LogP contribution in [-0.4, -0.2) is 0 Å². The fourth-order valence-electron chi connectivity index (χ4n) is 3.54. The lowest BCUT2D eigenvalue weighted by Gasteiger charge is -2.09. The average molecular weight is 388 g/mol. The Kier molecular flexibility index (Phi) is 3.49. The first-order valence-corrected chi connectivity index (χ1v) is 8.69. The van der Waals surface area contributed by atoms with E-state index in [2.05, 4.69) is 10.6 Å². The molecule has 0 aliphatic carbocycles. The second kappa shape index (κ2) is 6.17. The summed E-state index contributed by atoms with van der Waals surface area (Å²) in [6.45, 7) is 0. The number of fused-ring (bicyclic) bond motifs is 6. The number of nitriles is 4. The minimum Gasteiger partial charge on any atom is -0.437 e. The van der Waals surface area contributed by atoms with Crippen LogP contribution in [0.1, 0.15) is 0 Å². The number of rotatable bonds is 0. The van der Waals surface area contributed by atoms with Crippen LogP contribution in [-0.2, 0) is 0 Å². The highest BCUT2D eigenvalue weighted by Crippen LogP contribution is 2.46. The molecule has 0 atom stereocenters. The molecule has 0 saturated carbocycles. The number of hydrogen-bond acceptors (Lipinski definition) is 8. The van der Waals surface area contributed by atoms with Crippen molar-refractivity contribution in [3.63, 3.8) is 0 Å². The van der Waals surface area contributed by atoms with Crippen molar-refractivity contribution in [2.45, 2.75) is 0 Å². The molecule has 2 N–H and O–H groups in total. The third-order valence-corrected chi connectivity index (χ3v) is 4.87. The molecule has 8 heteroatoms. The maximum absolute atomic E-state index is 9.14. The summed E-state index contributed by atoms with van der Waals surface area (Å²) in [5.74, 6) is 1.18. The molecule has 2 heterocycles. The van der Waals surface area contributed by atoms with Crippen LogP contribution in [0.25, 0.3) is 21.5 Å². The van der Waals surface area contributed by atoms with Crippen LogP contribution in [0.15, 0.2) is 59.3 Å². The molecular weight excluding hydrogens is 380 g/mol. The van der Waals surface area contributed by atoms with Gasteiger partial charge in [-0.3, -0.25) is 0 Å². The first-order chi connectivity index (χ1) is 14.7. The quantitative estimate of drug-likeness (QED) is 0.433. The molecule has 0 spiro atoms. The second-order valence-electron chi connectivity index (χ2n) is 6.48. The van der Waals surface area contributed by atoms with E-state index in [9.17, 15) is 0 Å². The molecule has 8 nitrogen and oxygen atoms in total. The number of nitrogens with zero attached hydrogens (tertiary/aromatic N) is 4. The van der Waals surface area contributed by atoms with E-state index in [4.69, 9.17) is 30.5 Å². The van der Waals surface area contributed by atoms with Gasteiger partial charge in [-0.05, 0) is 34.4 Å². The highest BCUT2D eigenvalue weighted by atomic mass is 16.5. The summed E-state index contributed by atoms with van der Waals surface area (Å²) in [7, 11) is 0. The van der Waals surface area contributed by atoms with Gasteiger partial charge in [0.05, 0.1) is 11.4 Å². The molecule has 0 unspecified atom stereocenters. The maximum Gasteiger partial charge on any atom is 0.226 e. The van der Waals surface area contributed by atoms with Gasteiger partial charge in [0, 0.05) is 5.39 Å². The summed E-state index contributed by atoms with van der Waals surface area (Å²) in [5, 5.41) is 46.0. The minimum absolute atomic E-state index is 0.0940. The summed E-state index contributed by atoms with van der Waals surface area (Å²) < 4.78 is 11.4. The standard InChI is InChI=1S/C22H8N6O2/c23-7-13(8-24)21-27-16-5-12-2-1-11-3-4-17-20(19(11)15(12)6-18(16)30-21)28-22(29-17)14(9-25)10-26/h1-6,27-28H. The van der Waals surface area contributed by atoms with Crippen LogP contribution in [0.3, 0.4) is 0 Å². The van der Waals surface area contributed by atoms with E-state index in [1.165, 1.54) is 0 Å². The lowest BCUT2D eigenvalue weighted by molar-refractivity contribution is 0.454. The number of benzene rings is 3. The summed E-state index contributed by atoms with van der Waals surface area (Å²) in [4.78, 5) is 0. The van der Waals surface area contributed by atoms with E-state index in [-0.39, 0.29) is 22.9 Å². The number of anilines is 2. The van der Waals surface area contributed by atoms with Crippen LogP contribution in [0, 0.1) is 45.3 Å². The van der Waals surface area contributed by atoms with Gasteiger partial charge < -0.3 is 20.1 Å². The minimum atomic E-state index is -0.150. The van der Waals surface area contributed by atoms with Crippen molar-refractivity contribution < 1.29 is 9.47 Å². The Morgan fingerprint density at radius 1 is 0.700 bits per heavy atom. The largest absolute Gasteiger partial charge is 0.437 e. The molecule has 2 aliphatic heterocycles. The van der Waals surface area contributed by atoms with E-state index in [0.717, 1.165) is 21.5 Å². The van der Waals surface area contributed by atoms with Gasteiger partial charge in [0.15, 0.2) is 22.6 Å². The molecule has 0 bridgehead atoms.